The second-order valence-corrected chi connectivity index (χ2v) is 5.66. The van der Waals surface area contributed by atoms with Crippen molar-refractivity contribution in [2.75, 3.05) is 18.1 Å². The summed E-state index contributed by atoms with van der Waals surface area (Å²) >= 11 is 1.64. The molecule has 0 spiro atoms. The lowest BCUT2D eigenvalue weighted by Crippen LogP contribution is -2.32. The number of carbonyl (C=O) groups is 1. The minimum absolute atomic E-state index is 0.191. The molecule has 0 atom stereocenters. The molecule has 4 nitrogen and oxygen atoms in total. The van der Waals surface area contributed by atoms with Crippen molar-refractivity contribution >= 4 is 22.4 Å². The van der Waals surface area contributed by atoms with Gasteiger partial charge in [0.2, 0.25) is 0 Å². The molecule has 1 fully saturated rings. The Bertz CT molecular complexity index is 413. The third kappa shape index (κ3) is 3.69. The van der Waals surface area contributed by atoms with Gasteiger partial charge in [0.15, 0.2) is 5.13 Å². The predicted molar refractivity (Wildman–Crippen MR) is 77.7 cm³/mol. The molecule has 0 aromatic carbocycles. The summed E-state index contributed by atoms with van der Waals surface area (Å²) < 4.78 is 4.95. The van der Waals surface area contributed by atoms with Crippen LogP contribution >= 0.6 is 11.3 Å². The normalized spacial score (nSPS) is 15.7. The van der Waals surface area contributed by atoms with Crippen LogP contribution in [0.2, 0.25) is 0 Å². The van der Waals surface area contributed by atoms with Gasteiger partial charge in [0.05, 0.1) is 18.7 Å². The molecule has 1 saturated carbocycles. The fourth-order valence-corrected chi connectivity index (χ4v) is 3.60. The first kappa shape index (κ1) is 14.3. The molecule has 0 saturated heterocycles. The third-order valence-electron chi connectivity index (χ3n) is 3.52. The van der Waals surface area contributed by atoms with Gasteiger partial charge in [0, 0.05) is 18.0 Å². The molecule has 0 radical (unpaired) electrons. The predicted octanol–water partition coefficient (Wildman–Crippen LogP) is 3.02. The van der Waals surface area contributed by atoms with E-state index in [4.69, 9.17) is 4.74 Å². The van der Waals surface area contributed by atoms with Crippen LogP contribution in [0, 0.1) is 0 Å². The molecule has 1 aliphatic rings. The molecule has 1 aromatic rings. The van der Waals surface area contributed by atoms with Crippen LogP contribution in [0.25, 0.3) is 0 Å². The maximum Gasteiger partial charge on any atom is 0.311 e. The zero-order chi connectivity index (χ0) is 13.7. The van der Waals surface area contributed by atoms with Gasteiger partial charge < -0.3 is 9.64 Å². The molecule has 1 heterocycles. The number of hydrogen-bond acceptors (Lipinski definition) is 5. The highest BCUT2D eigenvalue weighted by Gasteiger charge is 2.23. The fraction of sp³-hybridized carbons (Fsp3) is 0.714. The van der Waals surface area contributed by atoms with E-state index in [0.717, 1.165) is 17.4 Å². The van der Waals surface area contributed by atoms with Crippen LogP contribution in [0.15, 0.2) is 5.38 Å². The van der Waals surface area contributed by atoms with Crippen molar-refractivity contribution in [3.8, 4) is 0 Å². The first-order valence-corrected chi connectivity index (χ1v) is 7.99. The van der Waals surface area contributed by atoms with Crippen LogP contribution in [-0.4, -0.2) is 30.1 Å². The minimum atomic E-state index is -0.191. The van der Waals surface area contributed by atoms with E-state index in [-0.39, 0.29) is 12.4 Å². The number of carbonyl (C=O) groups excluding carboxylic acids is 1. The second-order valence-electron chi connectivity index (χ2n) is 4.83. The summed E-state index contributed by atoms with van der Waals surface area (Å²) in [5, 5.41) is 3.03. The Morgan fingerprint density at radius 1 is 1.47 bits per heavy atom. The van der Waals surface area contributed by atoms with Gasteiger partial charge in [0.1, 0.15) is 0 Å². The summed E-state index contributed by atoms with van der Waals surface area (Å²) in [5.41, 5.74) is 0.829. The number of anilines is 1. The van der Waals surface area contributed by atoms with Crippen molar-refractivity contribution in [3.05, 3.63) is 11.1 Å². The smallest absolute Gasteiger partial charge is 0.311 e. The molecule has 1 aromatic heterocycles. The van der Waals surface area contributed by atoms with Gasteiger partial charge in [-0.15, -0.1) is 11.3 Å². The van der Waals surface area contributed by atoms with Gasteiger partial charge in [-0.2, -0.15) is 0 Å². The van der Waals surface area contributed by atoms with Gasteiger partial charge in [-0.1, -0.05) is 12.8 Å². The van der Waals surface area contributed by atoms with Crippen molar-refractivity contribution in [3.63, 3.8) is 0 Å². The van der Waals surface area contributed by atoms with E-state index in [9.17, 15) is 4.79 Å². The van der Waals surface area contributed by atoms with E-state index >= 15 is 0 Å². The third-order valence-corrected chi connectivity index (χ3v) is 4.45. The number of aromatic nitrogens is 1. The Morgan fingerprint density at radius 3 is 2.84 bits per heavy atom. The lowest BCUT2D eigenvalue weighted by Gasteiger charge is -2.26. The molecule has 0 aliphatic heterocycles. The van der Waals surface area contributed by atoms with E-state index in [1.807, 2.05) is 12.3 Å². The van der Waals surface area contributed by atoms with Crippen LogP contribution in [-0.2, 0) is 16.0 Å². The van der Waals surface area contributed by atoms with Gasteiger partial charge in [0.25, 0.3) is 0 Å². The number of rotatable bonds is 6. The van der Waals surface area contributed by atoms with Crippen LogP contribution < -0.4 is 4.90 Å². The molecule has 0 unspecified atom stereocenters. The summed E-state index contributed by atoms with van der Waals surface area (Å²) in [6.07, 6.45) is 5.46. The monoisotopic (exact) mass is 282 g/mol. The molecule has 106 valence electrons. The van der Waals surface area contributed by atoms with Crippen molar-refractivity contribution < 1.29 is 9.53 Å². The molecule has 5 heteroatoms. The van der Waals surface area contributed by atoms with Crippen molar-refractivity contribution in [2.24, 2.45) is 0 Å². The number of hydrogen-bond donors (Lipinski definition) is 0. The standard InChI is InChI=1S/C14H22N2O2S/c1-3-16(12-7-5-6-8-12)14-15-11(10-19-14)9-13(17)18-4-2/h10,12H,3-9H2,1-2H3. The molecule has 0 bridgehead atoms. The first-order valence-electron chi connectivity index (χ1n) is 7.11. The SMILES string of the molecule is CCOC(=O)Cc1csc(N(CC)C2CCCC2)n1. The van der Waals surface area contributed by atoms with Crippen LogP contribution in [0.4, 0.5) is 5.13 Å². The number of nitrogens with zero attached hydrogens (tertiary/aromatic N) is 2. The average molecular weight is 282 g/mol. The second kappa shape index (κ2) is 6.89. The molecular weight excluding hydrogens is 260 g/mol. The summed E-state index contributed by atoms with van der Waals surface area (Å²) in [7, 11) is 0. The summed E-state index contributed by atoms with van der Waals surface area (Å²) in [6.45, 7) is 5.41. The Kier molecular flexibility index (Phi) is 5.19. The average Bonchev–Trinajstić information content (AvgIpc) is 3.03. The molecule has 0 N–H and O–H groups in total. The maximum absolute atomic E-state index is 11.4. The Morgan fingerprint density at radius 2 is 2.21 bits per heavy atom. The maximum atomic E-state index is 11.4. The van der Waals surface area contributed by atoms with Gasteiger partial charge in [-0.3, -0.25) is 4.79 Å². The van der Waals surface area contributed by atoms with Crippen LogP contribution in [0.5, 0.6) is 0 Å². The molecular formula is C14H22N2O2S. The Labute approximate surface area is 118 Å². The lowest BCUT2D eigenvalue weighted by molar-refractivity contribution is -0.142. The van der Waals surface area contributed by atoms with E-state index in [2.05, 4.69) is 16.8 Å². The first-order chi connectivity index (χ1) is 9.24. The summed E-state index contributed by atoms with van der Waals surface area (Å²) in [4.78, 5) is 18.4. The zero-order valence-corrected chi connectivity index (χ0v) is 12.5. The van der Waals surface area contributed by atoms with E-state index < -0.39 is 0 Å². The quantitative estimate of drug-likeness (QED) is 0.752. The Hall–Kier alpha value is -1.10. The molecule has 1 aliphatic carbocycles. The largest absolute Gasteiger partial charge is 0.466 e. The highest BCUT2D eigenvalue weighted by molar-refractivity contribution is 7.13. The van der Waals surface area contributed by atoms with Gasteiger partial charge in [-0.25, -0.2) is 4.98 Å². The highest BCUT2D eigenvalue weighted by Crippen LogP contribution is 2.30. The number of esters is 1. The number of ether oxygens (including phenoxy) is 1. The summed E-state index contributed by atoms with van der Waals surface area (Å²) in [5.74, 6) is -0.191. The van der Waals surface area contributed by atoms with Crippen LogP contribution in [0.1, 0.15) is 45.2 Å². The van der Waals surface area contributed by atoms with Crippen molar-refractivity contribution in [1.29, 1.82) is 0 Å². The molecule has 0 amide bonds. The molecule has 2 rings (SSSR count). The minimum Gasteiger partial charge on any atom is -0.466 e. The van der Waals surface area contributed by atoms with Crippen molar-refractivity contribution in [1.82, 2.24) is 4.98 Å². The van der Waals surface area contributed by atoms with Crippen molar-refractivity contribution in [2.45, 2.75) is 52.0 Å². The van der Waals surface area contributed by atoms with Crippen LogP contribution in [0.3, 0.4) is 0 Å². The van der Waals surface area contributed by atoms with E-state index in [1.54, 1.807) is 11.3 Å². The topological polar surface area (TPSA) is 42.4 Å². The highest BCUT2D eigenvalue weighted by atomic mass is 32.1. The lowest BCUT2D eigenvalue weighted by atomic mass is 10.2. The van der Waals surface area contributed by atoms with Gasteiger partial charge >= 0.3 is 5.97 Å². The zero-order valence-electron chi connectivity index (χ0n) is 11.7. The number of thiazole rings is 1. The van der Waals surface area contributed by atoms with E-state index in [1.165, 1.54) is 25.7 Å². The molecule has 19 heavy (non-hydrogen) atoms. The van der Waals surface area contributed by atoms with E-state index in [0.29, 0.717) is 12.6 Å². The Balaban J connectivity index is 2.00. The fourth-order valence-electron chi connectivity index (χ4n) is 2.63. The van der Waals surface area contributed by atoms with Gasteiger partial charge in [-0.05, 0) is 26.7 Å². The summed E-state index contributed by atoms with van der Waals surface area (Å²) in [6, 6.07) is 0.631.